The Morgan fingerprint density at radius 2 is 1.68 bits per heavy atom. The molecule has 0 aliphatic carbocycles. The first kappa shape index (κ1) is 15.9. The zero-order valence-corrected chi connectivity index (χ0v) is 12.2. The number of aldehydes is 1. The third kappa shape index (κ3) is 4.27. The molecular formula is C18H19NO3. The van der Waals surface area contributed by atoms with Crippen LogP contribution in [-0.2, 0) is 4.79 Å². The van der Waals surface area contributed by atoms with Crippen LogP contribution < -0.4 is 5.32 Å². The van der Waals surface area contributed by atoms with Crippen molar-refractivity contribution >= 4 is 12.2 Å². The number of carbonyl (C=O) groups is 2. The predicted octanol–water partition coefficient (Wildman–Crippen LogP) is 2.42. The number of rotatable bonds is 7. The lowest BCUT2D eigenvalue weighted by Gasteiger charge is -2.15. The fourth-order valence-corrected chi connectivity index (χ4v) is 2.19. The molecule has 0 aliphatic heterocycles. The molecule has 0 radical (unpaired) electrons. The van der Waals surface area contributed by atoms with Gasteiger partial charge in [0.15, 0.2) is 0 Å². The lowest BCUT2D eigenvalue weighted by molar-refractivity contribution is -0.108. The average molecular weight is 297 g/mol. The summed E-state index contributed by atoms with van der Waals surface area (Å²) in [5.41, 5.74) is 2.66. The molecule has 4 nitrogen and oxygen atoms in total. The second-order valence-electron chi connectivity index (χ2n) is 5.04. The maximum atomic E-state index is 12.1. The Hall–Kier alpha value is -2.46. The highest BCUT2D eigenvalue weighted by Gasteiger charge is 2.12. The minimum atomic E-state index is -0.397. The van der Waals surface area contributed by atoms with E-state index in [1.165, 1.54) is 0 Å². The van der Waals surface area contributed by atoms with Gasteiger partial charge in [0, 0.05) is 12.0 Å². The number of benzene rings is 2. The van der Waals surface area contributed by atoms with Crippen molar-refractivity contribution in [2.24, 2.45) is 0 Å². The number of amides is 1. The Kier molecular flexibility index (Phi) is 5.86. The van der Waals surface area contributed by atoms with Gasteiger partial charge in [-0.25, -0.2) is 0 Å². The van der Waals surface area contributed by atoms with Gasteiger partial charge in [0.05, 0.1) is 12.6 Å². The summed E-state index contributed by atoms with van der Waals surface area (Å²) in [6, 6.07) is 16.8. The van der Waals surface area contributed by atoms with Crippen LogP contribution >= 0.6 is 0 Å². The highest BCUT2D eigenvalue weighted by Crippen LogP contribution is 2.19. The van der Waals surface area contributed by atoms with Crippen LogP contribution in [0.3, 0.4) is 0 Å². The molecule has 0 heterocycles. The van der Waals surface area contributed by atoms with Crippen LogP contribution in [0.1, 0.15) is 23.2 Å². The van der Waals surface area contributed by atoms with E-state index < -0.39 is 6.04 Å². The predicted molar refractivity (Wildman–Crippen MR) is 85.5 cm³/mol. The minimum Gasteiger partial charge on any atom is -0.394 e. The van der Waals surface area contributed by atoms with Crippen LogP contribution in [0.4, 0.5) is 0 Å². The molecule has 2 aromatic rings. The summed E-state index contributed by atoms with van der Waals surface area (Å²) in [5, 5.41) is 11.9. The Bertz CT molecular complexity index is 608. The van der Waals surface area contributed by atoms with Crippen molar-refractivity contribution < 1.29 is 14.7 Å². The highest BCUT2D eigenvalue weighted by molar-refractivity contribution is 5.94. The summed E-state index contributed by atoms with van der Waals surface area (Å²) in [5.74, 6) is -0.246. The molecule has 2 rings (SSSR count). The van der Waals surface area contributed by atoms with Gasteiger partial charge in [-0.05, 0) is 29.7 Å². The molecule has 0 fully saturated rings. The molecule has 0 spiro atoms. The van der Waals surface area contributed by atoms with Gasteiger partial charge < -0.3 is 15.2 Å². The van der Waals surface area contributed by atoms with Crippen molar-refractivity contribution in [2.45, 2.75) is 18.9 Å². The van der Waals surface area contributed by atoms with Crippen LogP contribution in [0, 0.1) is 0 Å². The molecule has 0 unspecified atom stereocenters. The first-order chi connectivity index (χ1) is 10.7. The van der Waals surface area contributed by atoms with E-state index in [9.17, 15) is 14.7 Å². The van der Waals surface area contributed by atoms with E-state index in [0.717, 1.165) is 17.4 Å². The van der Waals surface area contributed by atoms with Gasteiger partial charge in [-0.3, -0.25) is 4.79 Å². The van der Waals surface area contributed by atoms with E-state index in [1.54, 1.807) is 12.1 Å². The number of hydrogen-bond donors (Lipinski definition) is 2. The summed E-state index contributed by atoms with van der Waals surface area (Å²) in [6.07, 6.45) is 1.54. The lowest BCUT2D eigenvalue weighted by atomic mass is 10.0. The summed E-state index contributed by atoms with van der Waals surface area (Å²) >= 11 is 0. The number of carbonyl (C=O) groups excluding carboxylic acids is 2. The first-order valence-corrected chi connectivity index (χ1v) is 7.25. The lowest BCUT2D eigenvalue weighted by Crippen LogP contribution is -2.37. The zero-order chi connectivity index (χ0) is 15.8. The Labute approximate surface area is 129 Å². The summed E-state index contributed by atoms with van der Waals surface area (Å²) < 4.78 is 0. The Morgan fingerprint density at radius 3 is 2.27 bits per heavy atom. The van der Waals surface area contributed by atoms with Crippen LogP contribution in [0.2, 0.25) is 0 Å². The monoisotopic (exact) mass is 297 g/mol. The molecule has 114 valence electrons. The van der Waals surface area contributed by atoms with Crippen molar-refractivity contribution in [3.05, 3.63) is 60.2 Å². The number of aliphatic hydroxyl groups is 1. The van der Waals surface area contributed by atoms with Crippen LogP contribution in [0.15, 0.2) is 54.6 Å². The Balaban J connectivity index is 2.03. The second kappa shape index (κ2) is 8.10. The van der Waals surface area contributed by atoms with E-state index >= 15 is 0 Å². The molecule has 2 N–H and O–H groups in total. The molecule has 4 heteroatoms. The first-order valence-electron chi connectivity index (χ1n) is 7.25. The van der Waals surface area contributed by atoms with Crippen LogP contribution in [0.5, 0.6) is 0 Å². The summed E-state index contributed by atoms with van der Waals surface area (Å²) in [7, 11) is 0. The summed E-state index contributed by atoms with van der Waals surface area (Å²) in [4.78, 5) is 22.5. The fraction of sp³-hybridized carbons (Fsp3) is 0.222. The molecular weight excluding hydrogens is 278 g/mol. The third-order valence-electron chi connectivity index (χ3n) is 3.44. The quantitative estimate of drug-likeness (QED) is 0.771. The van der Waals surface area contributed by atoms with E-state index in [4.69, 9.17) is 0 Å². The highest BCUT2D eigenvalue weighted by atomic mass is 16.3. The molecule has 0 saturated carbocycles. The van der Waals surface area contributed by atoms with Crippen molar-refractivity contribution in [3.63, 3.8) is 0 Å². The van der Waals surface area contributed by atoms with Gasteiger partial charge in [-0.1, -0.05) is 42.5 Å². The van der Waals surface area contributed by atoms with Gasteiger partial charge in [0.2, 0.25) is 0 Å². The zero-order valence-electron chi connectivity index (χ0n) is 12.2. The molecule has 0 saturated heterocycles. The summed E-state index contributed by atoms with van der Waals surface area (Å²) in [6.45, 7) is -0.179. The standard InChI is InChI=1S/C18H19NO3/c20-12-4-7-17(13-21)19-18(22)16-10-8-15(9-11-16)14-5-2-1-3-6-14/h1-3,5-6,8-12,17,21H,4,7,13H2,(H,19,22)/t17-/m0/s1. The van der Waals surface area contributed by atoms with Crippen molar-refractivity contribution in [1.82, 2.24) is 5.32 Å². The number of hydrogen-bond acceptors (Lipinski definition) is 3. The SMILES string of the molecule is O=CCC[C@@H](CO)NC(=O)c1ccc(-c2ccccc2)cc1. The van der Waals surface area contributed by atoms with Crippen LogP contribution in [0.25, 0.3) is 11.1 Å². The molecule has 2 aromatic carbocycles. The van der Waals surface area contributed by atoms with E-state index in [-0.39, 0.29) is 12.5 Å². The maximum absolute atomic E-state index is 12.1. The number of nitrogens with one attached hydrogen (secondary N) is 1. The van der Waals surface area contributed by atoms with Gasteiger partial charge in [0.1, 0.15) is 6.29 Å². The van der Waals surface area contributed by atoms with Crippen LogP contribution in [-0.4, -0.2) is 29.9 Å². The fourth-order valence-electron chi connectivity index (χ4n) is 2.19. The topological polar surface area (TPSA) is 66.4 Å². The van der Waals surface area contributed by atoms with Gasteiger partial charge in [-0.2, -0.15) is 0 Å². The maximum Gasteiger partial charge on any atom is 0.251 e. The molecule has 0 aliphatic rings. The average Bonchev–Trinajstić information content (AvgIpc) is 2.59. The largest absolute Gasteiger partial charge is 0.394 e. The van der Waals surface area contributed by atoms with Crippen molar-refractivity contribution in [3.8, 4) is 11.1 Å². The second-order valence-corrected chi connectivity index (χ2v) is 5.04. The van der Waals surface area contributed by atoms with Gasteiger partial charge >= 0.3 is 0 Å². The van der Waals surface area contributed by atoms with E-state index in [2.05, 4.69) is 5.32 Å². The molecule has 1 amide bonds. The van der Waals surface area contributed by atoms with Gasteiger partial charge in [0.25, 0.3) is 5.91 Å². The van der Waals surface area contributed by atoms with E-state index in [1.807, 2.05) is 42.5 Å². The molecule has 0 aromatic heterocycles. The minimum absolute atomic E-state index is 0.179. The third-order valence-corrected chi connectivity index (χ3v) is 3.44. The molecule has 0 bridgehead atoms. The van der Waals surface area contributed by atoms with Crippen molar-refractivity contribution in [1.29, 1.82) is 0 Å². The van der Waals surface area contributed by atoms with E-state index in [0.29, 0.717) is 18.4 Å². The Morgan fingerprint density at radius 1 is 1.05 bits per heavy atom. The van der Waals surface area contributed by atoms with Crippen molar-refractivity contribution in [2.75, 3.05) is 6.61 Å². The molecule has 22 heavy (non-hydrogen) atoms. The normalized spacial score (nSPS) is 11.7. The number of aliphatic hydroxyl groups excluding tert-OH is 1. The molecule has 1 atom stereocenters. The smallest absolute Gasteiger partial charge is 0.251 e. The van der Waals surface area contributed by atoms with Gasteiger partial charge in [-0.15, -0.1) is 0 Å².